The van der Waals surface area contributed by atoms with Crippen LogP contribution in [0, 0.1) is 13.8 Å². The van der Waals surface area contributed by atoms with Crippen molar-refractivity contribution >= 4 is 17.7 Å². The zero-order valence-corrected chi connectivity index (χ0v) is 12.5. The van der Waals surface area contributed by atoms with Gasteiger partial charge in [0, 0.05) is 36.7 Å². The van der Waals surface area contributed by atoms with E-state index in [2.05, 4.69) is 15.0 Å². The molecule has 1 aliphatic heterocycles. The fraction of sp³-hybridized carbons (Fsp3) is 0.692. The van der Waals surface area contributed by atoms with Crippen LogP contribution in [0.3, 0.4) is 0 Å². The number of hydrogen-bond acceptors (Lipinski definition) is 4. The van der Waals surface area contributed by atoms with Gasteiger partial charge in [0.25, 0.3) is 0 Å². The molecule has 0 spiro atoms. The molecule has 106 valence electrons. The van der Waals surface area contributed by atoms with Crippen LogP contribution in [0.4, 0.5) is 0 Å². The van der Waals surface area contributed by atoms with E-state index in [1.54, 1.807) is 0 Å². The van der Waals surface area contributed by atoms with Crippen LogP contribution in [0.5, 0.6) is 0 Å². The van der Waals surface area contributed by atoms with Gasteiger partial charge in [-0.25, -0.2) is 0 Å². The Kier molecular flexibility index (Phi) is 5.13. The first-order valence-corrected chi connectivity index (χ1v) is 7.88. The number of hydrogen-bond donors (Lipinski definition) is 1. The molecule has 1 aromatic rings. The third-order valence-corrected chi connectivity index (χ3v) is 4.32. The minimum atomic E-state index is 0.694. The fourth-order valence-corrected chi connectivity index (χ4v) is 3.10. The van der Waals surface area contributed by atoms with Crippen molar-refractivity contribution in [2.75, 3.05) is 31.1 Å². The van der Waals surface area contributed by atoms with Crippen molar-refractivity contribution in [2.24, 2.45) is 10.7 Å². The Hall–Kier alpha value is -1.17. The van der Waals surface area contributed by atoms with Gasteiger partial charge in [-0.2, -0.15) is 11.8 Å². The summed E-state index contributed by atoms with van der Waals surface area (Å²) >= 11 is 1.98. The maximum absolute atomic E-state index is 6.00. The minimum Gasteiger partial charge on any atom is -0.370 e. The highest BCUT2D eigenvalue weighted by molar-refractivity contribution is 7.99. The van der Waals surface area contributed by atoms with Gasteiger partial charge in [-0.3, -0.25) is 4.99 Å². The molecule has 19 heavy (non-hydrogen) atoms. The number of aryl methyl sites for hydroxylation is 2. The van der Waals surface area contributed by atoms with Gasteiger partial charge in [0.1, 0.15) is 5.76 Å². The second-order valence-corrected chi connectivity index (χ2v) is 5.97. The monoisotopic (exact) mass is 282 g/mol. The molecule has 0 amide bonds. The number of nitrogens with zero attached hydrogens (tertiary/aromatic N) is 3. The Morgan fingerprint density at radius 3 is 2.79 bits per heavy atom. The minimum absolute atomic E-state index is 0.694. The van der Waals surface area contributed by atoms with Crippen molar-refractivity contribution in [3.63, 3.8) is 0 Å². The largest absolute Gasteiger partial charge is 0.370 e. The van der Waals surface area contributed by atoms with Gasteiger partial charge in [0.2, 0.25) is 0 Å². The summed E-state index contributed by atoms with van der Waals surface area (Å²) in [6.07, 6.45) is 1.93. The van der Waals surface area contributed by atoms with E-state index in [9.17, 15) is 0 Å². The molecule has 6 heteroatoms. The molecule has 0 bridgehead atoms. The summed E-state index contributed by atoms with van der Waals surface area (Å²) < 4.78 is 5.15. The summed E-state index contributed by atoms with van der Waals surface area (Å²) in [5.74, 6) is 3.91. The number of nitrogens with two attached hydrogens (primary N) is 1. The van der Waals surface area contributed by atoms with Gasteiger partial charge >= 0.3 is 0 Å². The third kappa shape index (κ3) is 3.89. The van der Waals surface area contributed by atoms with Gasteiger partial charge in [-0.15, -0.1) is 0 Å². The lowest BCUT2D eigenvalue weighted by Gasteiger charge is -2.27. The van der Waals surface area contributed by atoms with Crippen molar-refractivity contribution in [2.45, 2.75) is 26.7 Å². The first-order valence-electron chi connectivity index (χ1n) is 6.73. The van der Waals surface area contributed by atoms with E-state index in [1.807, 2.05) is 25.6 Å². The quantitative estimate of drug-likeness (QED) is 0.516. The standard InChI is InChI=1S/C13H22N4OS/c1-10-12(11(2)18-16-10)4-3-5-15-13(14)17-6-8-19-9-7-17/h3-9H2,1-2H3,(H2,14,15). The van der Waals surface area contributed by atoms with Crippen molar-refractivity contribution in [1.29, 1.82) is 0 Å². The summed E-state index contributed by atoms with van der Waals surface area (Å²) in [5.41, 5.74) is 8.20. The molecule has 0 saturated carbocycles. The molecule has 2 N–H and O–H groups in total. The molecule has 0 aromatic carbocycles. The van der Waals surface area contributed by atoms with E-state index in [0.29, 0.717) is 5.96 Å². The third-order valence-electron chi connectivity index (χ3n) is 3.37. The molecular weight excluding hydrogens is 260 g/mol. The van der Waals surface area contributed by atoms with Crippen molar-refractivity contribution in [3.8, 4) is 0 Å². The van der Waals surface area contributed by atoms with Gasteiger partial charge in [0.05, 0.1) is 5.69 Å². The molecule has 0 radical (unpaired) electrons. The lowest BCUT2D eigenvalue weighted by atomic mass is 10.1. The Morgan fingerprint density at radius 2 is 2.16 bits per heavy atom. The highest BCUT2D eigenvalue weighted by Crippen LogP contribution is 2.14. The second kappa shape index (κ2) is 6.84. The molecule has 2 rings (SSSR count). The molecule has 1 aliphatic rings. The maximum atomic E-state index is 6.00. The molecule has 1 aromatic heterocycles. The molecule has 2 heterocycles. The number of aliphatic imine (C=N–C) groups is 1. The second-order valence-electron chi connectivity index (χ2n) is 4.75. The summed E-state index contributed by atoms with van der Waals surface area (Å²) in [7, 11) is 0. The van der Waals surface area contributed by atoms with Crippen LogP contribution < -0.4 is 5.73 Å². The molecule has 0 aliphatic carbocycles. The van der Waals surface area contributed by atoms with Gasteiger partial charge in [-0.05, 0) is 26.7 Å². The van der Waals surface area contributed by atoms with Gasteiger partial charge in [0.15, 0.2) is 5.96 Å². The molecular formula is C13H22N4OS. The van der Waals surface area contributed by atoms with Crippen molar-refractivity contribution in [3.05, 3.63) is 17.0 Å². The average Bonchev–Trinajstić information content (AvgIpc) is 2.75. The number of rotatable bonds is 4. The Balaban J connectivity index is 1.76. The van der Waals surface area contributed by atoms with Crippen LogP contribution in [-0.4, -0.2) is 47.2 Å². The van der Waals surface area contributed by atoms with Crippen molar-refractivity contribution < 1.29 is 4.52 Å². The molecule has 5 nitrogen and oxygen atoms in total. The Morgan fingerprint density at radius 1 is 1.42 bits per heavy atom. The van der Waals surface area contributed by atoms with Crippen LogP contribution in [0.15, 0.2) is 9.52 Å². The zero-order valence-electron chi connectivity index (χ0n) is 11.7. The van der Waals surface area contributed by atoms with E-state index >= 15 is 0 Å². The number of guanidine groups is 1. The normalized spacial score (nSPS) is 16.9. The Bertz CT molecular complexity index is 418. The first-order chi connectivity index (χ1) is 9.18. The number of thioether (sulfide) groups is 1. The lowest BCUT2D eigenvalue weighted by molar-refractivity contribution is 0.392. The maximum Gasteiger partial charge on any atom is 0.191 e. The topological polar surface area (TPSA) is 67.6 Å². The fourth-order valence-electron chi connectivity index (χ4n) is 2.20. The van der Waals surface area contributed by atoms with E-state index < -0.39 is 0 Å². The van der Waals surface area contributed by atoms with Gasteiger partial charge in [-0.1, -0.05) is 5.16 Å². The molecule has 1 fully saturated rings. The SMILES string of the molecule is Cc1noc(C)c1CCCN=C(N)N1CCSCC1. The molecule has 0 unspecified atom stereocenters. The van der Waals surface area contributed by atoms with Crippen LogP contribution >= 0.6 is 11.8 Å². The van der Waals surface area contributed by atoms with Crippen LogP contribution in [0.1, 0.15) is 23.4 Å². The van der Waals surface area contributed by atoms with Crippen LogP contribution in [0.25, 0.3) is 0 Å². The summed E-state index contributed by atoms with van der Waals surface area (Å²) in [4.78, 5) is 6.64. The molecule has 1 saturated heterocycles. The predicted molar refractivity (Wildman–Crippen MR) is 79.7 cm³/mol. The first kappa shape index (κ1) is 14.2. The zero-order chi connectivity index (χ0) is 13.7. The Labute approximate surface area is 118 Å². The van der Waals surface area contributed by atoms with Crippen molar-refractivity contribution in [1.82, 2.24) is 10.1 Å². The number of aromatic nitrogens is 1. The summed E-state index contributed by atoms with van der Waals surface area (Å²) in [5, 5.41) is 3.96. The van der Waals surface area contributed by atoms with Crippen LogP contribution in [-0.2, 0) is 6.42 Å². The highest BCUT2D eigenvalue weighted by Gasteiger charge is 2.12. The molecule has 0 atom stereocenters. The van der Waals surface area contributed by atoms with E-state index in [4.69, 9.17) is 10.3 Å². The smallest absolute Gasteiger partial charge is 0.191 e. The van der Waals surface area contributed by atoms with Crippen LogP contribution in [0.2, 0.25) is 0 Å². The highest BCUT2D eigenvalue weighted by atomic mass is 32.2. The summed E-state index contributed by atoms with van der Waals surface area (Å²) in [6, 6.07) is 0. The predicted octanol–water partition coefficient (Wildman–Crippen LogP) is 1.59. The van der Waals surface area contributed by atoms with Gasteiger partial charge < -0.3 is 15.2 Å². The van der Waals surface area contributed by atoms with E-state index in [0.717, 1.165) is 55.4 Å². The summed E-state index contributed by atoms with van der Waals surface area (Å²) in [6.45, 7) is 6.74. The van der Waals surface area contributed by atoms with E-state index in [1.165, 1.54) is 5.56 Å². The lowest BCUT2D eigenvalue weighted by Crippen LogP contribution is -2.42. The van der Waals surface area contributed by atoms with E-state index in [-0.39, 0.29) is 0 Å². The average molecular weight is 282 g/mol.